The number of benzene rings is 1. The number of nitrogens with one attached hydrogen (secondary N) is 2. The number of furan rings is 1. The van der Waals surface area contributed by atoms with E-state index >= 15 is 0 Å². The Morgan fingerprint density at radius 3 is 2.75 bits per heavy atom. The van der Waals surface area contributed by atoms with Gasteiger partial charge in [-0.05, 0) is 37.3 Å². The van der Waals surface area contributed by atoms with Gasteiger partial charge in [0.15, 0.2) is 11.3 Å². The molecule has 0 spiro atoms. The Morgan fingerprint density at radius 2 is 2.08 bits per heavy atom. The molecule has 0 aliphatic heterocycles. The molecule has 2 aromatic rings. The number of nitrogens with zero attached hydrogens (tertiary/aromatic N) is 1. The maximum absolute atomic E-state index is 11.9. The van der Waals surface area contributed by atoms with Crippen LogP contribution in [-0.4, -0.2) is 18.5 Å². The van der Waals surface area contributed by atoms with Crippen molar-refractivity contribution in [2.24, 2.45) is 0 Å². The van der Waals surface area contributed by atoms with E-state index in [0.29, 0.717) is 11.4 Å². The predicted molar refractivity (Wildman–Crippen MR) is 87.1 cm³/mol. The highest BCUT2D eigenvalue weighted by Crippen LogP contribution is 2.16. The minimum Gasteiger partial charge on any atom is -0.462 e. The van der Waals surface area contributed by atoms with E-state index in [1.807, 2.05) is 0 Å². The summed E-state index contributed by atoms with van der Waals surface area (Å²) in [5, 5.41) is 14.5. The third kappa shape index (κ3) is 4.48. The van der Waals surface area contributed by atoms with E-state index < -0.39 is 5.97 Å². The van der Waals surface area contributed by atoms with Crippen LogP contribution in [0.5, 0.6) is 0 Å². The quantitative estimate of drug-likeness (QED) is 0.481. The van der Waals surface area contributed by atoms with Gasteiger partial charge in [-0.1, -0.05) is 6.07 Å². The predicted octanol–water partition coefficient (Wildman–Crippen LogP) is 2.91. The Balaban J connectivity index is 2.06. The lowest BCUT2D eigenvalue weighted by Gasteiger charge is -2.07. The largest absolute Gasteiger partial charge is 0.462 e. The number of rotatable bonds is 6. The average Bonchev–Trinajstić information content (AvgIpc) is 3.11. The third-order valence-electron chi connectivity index (χ3n) is 2.86. The summed E-state index contributed by atoms with van der Waals surface area (Å²) in [6.45, 7) is 1.84. The molecule has 122 valence electrons. The van der Waals surface area contributed by atoms with Crippen molar-refractivity contribution in [1.29, 1.82) is 5.26 Å². The molecular weight excluding hydrogens is 310 g/mol. The van der Waals surface area contributed by atoms with Gasteiger partial charge >= 0.3 is 5.97 Å². The fourth-order valence-electron chi connectivity index (χ4n) is 1.79. The van der Waals surface area contributed by atoms with Crippen LogP contribution in [0.15, 0.2) is 58.9 Å². The first-order valence-electron chi connectivity index (χ1n) is 7.13. The molecule has 0 bridgehead atoms. The molecule has 2 N–H and O–H groups in total. The van der Waals surface area contributed by atoms with Crippen LogP contribution >= 0.6 is 0 Å². The van der Waals surface area contributed by atoms with E-state index in [-0.39, 0.29) is 23.8 Å². The van der Waals surface area contributed by atoms with Crippen molar-refractivity contribution in [3.63, 3.8) is 0 Å². The number of carbonyl (C=O) groups is 2. The number of hydrogen-bond donors (Lipinski definition) is 2. The lowest BCUT2D eigenvalue weighted by Crippen LogP contribution is -2.11. The summed E-state index contributed by atoms with van der Waals surface area (Å²) in [6, 6.07) is 11.7. The fraction of sp³-hybridized carbons (Fsp3) is 0.118. The third-order valence-corrected chi connectivity index (χ3v) is 2.86. The van der Waals surface area contributed by atoms with E-state index in [4.69, 9.17) is 14.4 Å². The van der Waals surface area contributed by atoms with Crippen LogP contribution in [0.25, 0.3) is 0 Å². The van der Waals surface area contributed by atoms with Gasteiger partial charge in [-0.3, -0.25) is 4.79 Å². The van der Waals surface area contributed by atoms with Crippen molar-refractivity contribution in [1.82, 2.24) is 0 Å². The Hall–Kier alpha value is -3.53. The van der Waals surface area contributed by atoms with Gasteiger partial charge in [-0.15, -0.1) is 0 Å². The number of amides is 1. The Bertz CT molecular complexity index is 788. The van der Waals surface area contributed by atoms with Crippen LogP contribution < -0.4 is 10.6 Å². The molecule has 0 saturated heterocycles. The summed E-state index contributed by atoms with van der Waals surface area (Å²) in [4.78, 5) is 23.4. The number of anilines is 2. The summed E-state index contributed by atoms with van der Waals surface area (Å²) in [7, 11) is 0. The van der Waals surface area contributed by atoms with E-state index in [2.05, 4.69) is 10.6 Å². The maximum atomic E-state index is 11.9. The molecule has 0 fully saturated rings. The van der Waals surface area contributed by atoms with Gasteiger partial charge in [-0.2, -0.15) is 5.26 Å². The zero-order valence-corrected chi connectivity index (χ0v) is 12.9. The Kier molecular flexibility index (Phi) is 5.75. The zero-order chi connectivity index (χ0) is 17.4. The van der Waals surface area contributed by atoms with Crippen molar-refractivity contribution in [3.05, 3.63) is 60.2 Å². The van der Waals surface area contributed by atoms with E-state index in [1.165, 1.54) is 12.5 Å². The number of ether oxygens (including phenoxy) is 1. The van der Waals surface area contributed by atoms with Gasteiger partial charge < -0.3 is 19.8 Å². The Morgan fingerprint density at radius 1 is 1.29 bits per heavy atom. The van der Waals surface area contributed by atoms with Crippen LogP contribution in [-0.2, 0) is 9.53 Å². The average molecular weight is 325 g/mol. The van der Waals surface area contributed by atoms with E-state index in [9.17, 15) is 9.59 Å². The maximum Gasteiger partial charge on any atom is 0.350 e. The van der Waals surface area contributed by atoms with Crippen molar-refractivity contribution in [3.8, 4) is 6.07 Å². The second-order valence-electron chi connectivity index (χ2n) is 4.55. The minimum absolute atomic E-state index is 0.151. The summed E-state index contributed by atoms with van der Waals surface area (Å²) >= 11 is 0. The summed E-state index contributed by atoms with van der Waals surface area (Å²) in [5.41, 5.74) is 0.968. The Labute approximate surface area is 138 Å². The molecular formula is C17H15N3O4. The SMILES string of the molecule is CCOC(=O)/C(C#N)=C\Nc1cccc(NC(=O)c2ccco2)c1. The molecule has 24 heavy (non-hydrogen) atoms. The van der Waals surface area contributed by atoms with E-state index in [0.717, 1.165) is 0 Å². The molecule has 0 unspecified atom stereocenters. The van der Waals surface area contributed by atoms with E-state index in [1.54, 1.807) is 49.4 Å². The number of carbonyl (C=O) groups excluding carboxylic acids is 2. The molecule has 1 aromatic carbocycles. The monoisotopic (exact) mass is 325 g/mol. The van der Waals surface area contributed by atoms with Gasteiger partial charge in [0.2, 0.25) is 0 Å². The normalized spacial score (nSPS) is 10.6. The molecule has 0 atom stereocenters. The molecule has 0 saturated carbocycles. The van der Waals surface area contributed by atoms with Gasteiger partial charge in [0.05, 0.1) is 12.9 Å². The molecule has 7 nitrogen and oxygen atoms in total. The summed E-state index contributed by atoms with van der Waals surface area (Å²) in [5.74, 6) is -0.881. The molecule has 1 heterocycles. The molecule has 1 amide bonds. The molecule has 0 aliphatic carbocycles. The van der Waals surface area contributed by atoms with Crippen molar-refractivity contribution >= 4 is 23.3 Å². The first-order valence-corrected chi connectivity index (χ1v) is 7.13. The standard InChI is InChI=1S/C17H15N3O4/c1-2-23-17(22)12(10-18)11-19-13-5-3-6-14(9-13)20-16(21)15-7-4-8-24-15/h3-9,11,19H,2H2,1H3,(H,20,21)/b12-11-. The van der Waals surface area contributed by atoms with Crippen LogP contribution in [0.4, 0.5) is 11.4 Å². The number of hydrogen-bond acceptors (Lipinski definition) is 6. The van der Waals surface area contributed by atoms with Gasteiger partial charge in [0, 0.05) is 17.6 Å². The van der Waals surface area contributed by atoms with Crippen molar-refractivity contribution < 1.29 is 18.7 Å². The second-order valence-corrected chi connectivity index (χ2v) is 4.55. The molecule has 0 aliphatic rings. The topological polar surface area (TPSA) is 104 Å². The molecule has 1 aromatic heterocycles. The van der Waals surface area contributed by atoms with Crippen LogP contribution in [0.3, 0.4) is 0 Å². The summed E-state index contributed by atoms with van der Waals surface area (Å²) < 4.78 is 9.78. The first-order chi connectivity index (χ1) is 11.6. The minimum atomic E-state index is -0.699. The highest BCUT2D eigenvalue weighted by molar-refractivity contribution is 6.02. The first kappa shape index (κ1) is 16.8. The summed E-state index contributed by atoms with van der Waals surface area (Å²) in [6.07, 6.45) is 2.67. The fourth-order valence-corrected chi connectivity index (χ4v) is 1.79. The smallest absolute Gasteiger partial charge is 0.350 e. The lowest BCUT2D eigenvalue weighted by atomic mass is 10.2. The van der Waals surface area contributed by atoms with Crippen LogP contribution in [0.1, 0.15) is 17.5 Å². The number of nitriles is 1. The molecule has 7 heteroatoms. The van der Waals surface area contributed by atoms with Gasteiger partial charge in [0.25, 0.3) is 5.91 Å². The molecule has 2 rings (SSSR count). The molecule has 0 radical (unpaired) electrons. The highest BCUT2D eigenvalue weighted by atomic mass is 16.5. The van der Waals surface area contributed by atoms with Gasteiger partial charge in [-0.25, -0.2) is 4.79 Å². The second kappa shape index (κ2) is 8.19. The van der Waals surface area contributed by atoms with Crippen LogP contribution in [0, 0.1) is 11.3 Å². The number of esters is 1. The van der Waals surface area contributed by atoms with Gasteiger partial charge in [0.1, 0.15) is 6.07 Å². The van der Waals surface area contributed by atoms with Crippen molar-refractivity contribution in [2.75, 3.05) is 17.2 Å². The lowest BCUT2D eigenvalue weighted by molar-refractivity contribution is -0.138. The zero-order valence-electron chi connectivity index (χ0n) is 12.9. The van der Waals surface area contributed by atoms with Crippen molar-refractivity contribution in [2.45, 2.75) is 6.92 Å². The highest BCUT2D eigenvalue weighted by Gasteiger charge is 2.10. The van der Waals surface area contributed by atoms with Crippen LogP contribution in [0.2, 0.25) is 0 Å².